The van der Waals surface area contributed by atoms with Crippen molar-refractivity contribution in [3.8, 4) is 0 Å². The second-order valence-electron chi connectivity index (χ2n) is 12.4. The van der Waals surface area contributed by atoms with E-state index in [0.29, 0.717) is 57.0 Å². The number of thioether (sulfide) groups is 1. The molecular weight excluding hydrogens is 606 g/mol. The Morgan fingerprint density at radius 3 is 2.31 bits per heavy atom. The summed E-state index contributed by atoms with van der Waals surface area (Å²) in [6.07, 6.45) is 2.45. The highest BCUT2D eigenvalue weighted by Crippen LogP contribution is 2.51. The van der Waals surface area contributed by atoms with E-state index in [1.807, 2.05) is 6.92 Å². The van der Waals surface area contributed by atoms with Crippen LogP contribution in [0, 0.1) is 11.8 Å². The molecule has 4 saturated heterocycles. The SMILES string of the molecule is CC(NC(=O)Cn1cnnn1)[C@H]1C(=O)N2C(C(=O)O)=C(S[C@@H]3CN[C@H](C(=O)N4CCN(C(=O)[C@H]5C[C@@H](N)CN5)CC4)C3)[C@H](C)[C@H]12. The second-order valence-corrected chi connectivity index (χ2v) is 13.8. The monoisotopic (exact) mass is 645 g/mol. The van der Waals surface area contributed by atoms with Gasteiger partial charge in [0.25, 0.3) is 0 Å². The van der Waals surface area contributed by atoms with Crippen LogP contribution < -0.4 is 21.7 Å². The highest BCUT2D eigenvalue weighted by atomic mass is 32.2. The van der Waals surface area contributed by atoms with Gasteiger partial charge in [-0.15, -0.1) is 16.9 Å². The minimum Gasteiger partial charge on any atom is -0.477 e. The Labute approximate surface area is 263 Å². The molecular formula is C27H39N11O6S. The summed E-state index contributed by atoms with van der Waals surface area (Å²) in [5.74, 6) is -2.69. The molecule has 6 N–H and O–H groups in total. The number of carboxylic acid groups (broad SMARTS) is 1. The summed E-state index contributed by atoms with van der Waals surface area (Å²) in [5.41, 5.74) is 5.91. The van der Waals surface area contributed by atoms with Gasteiger partial charge in [-0.25, -0.2) is 9.48 Å². The van der Waals surface area contributed by atoms with Crippen LogP contribution in [0.2, 0.25) is 0 Å². The first kappa shape index (κ1) is 31.4. The molecule has 0 radical (unpaired) electrons. The Bertz CT molecular complexity index is 1380. The number of nitrogens with zero attached hydrogens (tertiary/aromatic N) is 7. The lowest BCUT2D eigenvalue weighted by molar-refractivity contribution is -0.158. The Kier molecular flexibility index (Phi) is 8.82. The van der Waals surface area contributed by atoms with E-state index in [-0.39, 0.29) is 59.1 Å². The fraction of sp³-hybridized carbons (Fsp3) is 0.704. The van der Waals surface area contributed by atoms with E-state index in [1.54, 1.807) is 16.7 Å². The van der Waals surface area contributed by atoms with Gasteiger partial charge in [0.05, 0.1) is 24.0 Å². The van der Waals surface area contributed by atoms with E-state index in [2.05, 4.69) is 31.5 Å². The van der Waals surface area contributed by atoms with E-state index in [1.165, 1.54) is 27.7 Å². The van der Waals surface area contributed by atoms with Crippen molar-refractivity contribution in [2.45, 2.75) is 68.7 Å². The smallest absolute Gasteiger partial charge is 0.353 e. The lowest BCUT2D eigenvalue weighted by Gasteiger charge is -2.47. The number of hydrogen-bond donors (Lipinski definition) is 5. The second kappa shape index (κ2) is 12.6. The summed E-state index contributed by atoms with van der Waals surface area (Å²) in [5, 5.41) is 30.0. The van der Waals surface area contributed by atoms with Crippen molar-refractivity contribution in [2.75, 3.05) is 39.3 Å². The zero-order valence-corrected chi connectivity index (χ0v) is 26.0. The van der Waals surface area contributed by atoms with Crippen molar-refractivity contribution in [3.05, 3.63) is 16.9 Å². The highest BCUT2D eigenvalue weighted by Gasteiger charge is 2.60. The van der Waals surface area contributed by atoms with Crippen molar-refractivity contribution in [3.63, 3.8) is 0 Å². The number of fused-ring (bicyclic) bond motifs is 1. The molecule has 5 aliphatic rings. The first-order chi connectivity index (χ1) is 21.5. The fourth-order valence-corrected chi connectivity index (χ4v) is 8.66. The number of nitrogens with one attached hydrogen (secondary N) is 3. The molecule has 0 spiro atoms. The minimum atomic E-state index is -1.17. The van der Waals surface area contributed by atoms with Crippen LogP contribution in [0.1, 0.15) is 26.7 Å². The van der Waals surface area contributed by atoms with Crippen molar-refractivity contribution in [1.82, 2.24) is 50.9 Å². The van der Waals surface area contributed by atoms with Gasteiger partial charge in [0.15, 0.2) is 0 Å². The topological polar surface area (TPSA) is 221 Å². The number of carbonyl (C=O) groups excluding carboxylic acids is 4. The summed E-state index contributed by atoms with van der Waals surface area (Å²) < 4.78 is 1.27. The number of hydrogen-bond acceptors (Lipinski definition) is 12. The summed E-state index contributed by atoms with van der Waals surface area (Å²) >= 11 is 1.41. The molecule has 0 saturated carbocycles. The predicted octanol–water partition coefficient (Wildman–Crippen LogP) is -3.23. The third-order valence-corrected chi connectivity index (χ3v) is 11.0. The Morgan fingerprint density at radius 2 is 1.73 bits per heavy atom. The van der Waals surface area contributed by atoms with Crippen molar-refractivity contribution in [2.24, 2.45) is 17.6 Å². The van der Waals surface area contributed by atoms with Crippen LogP contribution in [0.25, 0.3) is 0 Å². The summed E-state index contributed by atoms with van der Waals surface area (Å²) in [7, 11) is 0. The first-order valence-corrected chi connectivity index (χ1v) is 16.2. The number of β-lactam (4-membered cyclic amide) rings is 1. The standard InChI is InChI=1S/C27H39N11O6S/c1-13-21-20(14(2)32-19(39)11-37-12-31-33-34-37)26(42)38(21)22(27(43)44)23(13)45-16-8-18(30-10-16)25(41)36-5-3-35(4-6-36)24(40)17-7-15(28)9-29-17/h12-18,20-21,29-30H,3-11,28H2,1-2H3,(H,32,39)(H,43,44)/t13-,14?,15-,16+,17-,18+,20-,21-/m1/s1. The maximum absolute atomic E-state index is 13.4. The number of aliphatic carboxylic acids is 1. The van der Waals surface area contributed by atoms with Gasteiger partial charge in [-0.1, -0.05) is 6.92 Å². The van der Waals surface area contributed by atoms with E-state index in [9.17, 15) is 29.1 Å². The van der Waals surface area contributed by atoms with Crippen molar-refractivity contribution >= 4 is 41.4 Å². The third-order valence-electron chi connectivity index (χ3n) is 9.46. The summed E-state index contributed by atoms with van der Waals surface area (Å²) in [6.45, 7) is 6.54. The molecule has 1 aromatic heterocycles. The largest absolute Gasteiger partial charge is 0.477 e. The van der Waals surface area contributed by atoms with Crippen LogP contribution >= 0.6 is 11.8 Å². The van der Waals surface area contributed by atoms with Gasteiger partial charge < -0.3 is 41.5 Å². The number of aromatic nitrogens is 4. The Morgan fingerprint density at radius 1 is 1.09 bits per heavy atom. The molecule has 0 aliphatic carbocycles. The van der Waals surface area contributed by atoms with Gasteiger partial charge in [0, 0.05) is 67.4 Å². The minimum absolute atomic E-state index is 0.0146. The Balaban J connectivity index is 1.03. The van der Waals surface area contributed by atoms with Gasteiger partial charge in [-0.05, 0) is 30.2 Å². The number of tetrazole rings is 1. The molecule has 17 nitrogen and oxygen atoms in total. The third kappa shape index (κ3) is 6.03. The van der Waals surface area contributed by atoms with Gasteiger partial charge in [-0.2, -0.15) is 0 Å². The molecule has 1 aromatic rings. The number of carboxylic acids is 1. The highest BCUT2D eigenvalue weighted by molar-refractivity contribution is 8.03. The molecule has 0 bridgehead atoms. The van der Waals surface area contributed by atoms with E-state index in [0.717, 1.165) is 0 Å². The quantitative estimate of drug-likeness (QED) is 0.167. The average molecular weight is 646 g/mol. The lowest BCUT2D eigenvalue weighted by Crippen LogP contribution is -2.66. The molecule has 4 fully saturated rings. The van der Waals surface area contributed by atoms with Crippen molar-refractivity contribution in [1.29, 1.82) is 0 Å². The van der Waals surface area contributed by atoms with Gasteiger partial charge in [-0.3, -0.25) is 19.2 Å². The number of rotatable bonds is 9. The maximum atomic E-state index is 13.4. The Hall–Kier alpha value is -3.61. The van der Waals surface area contributed by atoms with Crippen LogP contribution in [0.3, 0.4) is 0 Å². The maximum Gasteiger partial charge on any atom is 0.353 e. The van der Waals surface area contributed by atoms with Crippen LogP contribution in [0.5, 0.6) is 0 Å². The van der Waals surface area contributed by atoms with Crippen LogP contribution in [-0.4, -0.2) is 144 Å². The van der Waals surface area contributed by atoms with E-state index in [4.69, 9.17) is 5.73 Å². The number of nitrogens with two attached hydrogens (primary N) is 1. The molecule has 5 aliphatic heterocycles. The molecule has 4 amide bonds. The molecule has 18 heteroatoms. The zero-order valence-electron chi connectivity index (χ0n) is 25.2. The van der Waals surface area contributed by atoms with Crippen molar-refractivity contribution < 1.29 is 29.1 Å². The molecule has 6 rings (SSSR count). The molecule has 45 heavy (non-hydrogen) atoms. The number of carbonyl (C=O) groups is 5. The summed E-state index contributed by atoms with van der Waals surface area (Å²) in [6, 6.07) is -1.61. The predicted molar refractivity (Wildman–Crippen MR) is 159 cm³/mol. The molecule has 6 heterocycles. The molecule has 1 unspecified atom stereocenters. The lowest BCUT2D eigenvalue weighted by atomic mass is 9.78. The molecule has 244 valence electrons. The average Bonchev–Trinajstić information content (AvgIpc) is 3.81. The molecule has 8 atom stereocenters. The van der Waals surface area contributed by atoms with E-state index >= 15 is 0 Å². The van der Waals surface area contributed by atoms with E-state index < -0.39 is 30.0 Å². The van der Waals surface area contributed by atoms with Crippen LogP contribution in [0.15, 0.2) is 16.9 Å². The normalized spacial score (nSPS) is 32.0. The van der Waals surface area contributed by atoms with Gasteiger partial charge in [0.2, 0.25) is 23.6 Å². The van der Waals surface area contributed by atoms with Crippen LogP contribution in [-0.2, 0) is 30.5 Å². The molecule has 0 aromatic carbocycles. The first-order valence-electron chi connectivity index (χ1n) is 15.3. The van der Waals surface area contributed by atoms with Gasteiger partial charge in [0.1, 0.15) is 18.6 Å². The van der Waals surface area contributed by atoms with Gasteiger partial charge >= 0.3 is 5.97 Å². The fourth-order valence-electron chi connectivity index (χ4n) is 7.19. The number of amides is 4. The summed E-state index contributed by atoms with van der Waals surface area (Å²) in [4.78, 5) is 69.8. The zero-order chi connectivity index (χ0) is 32.0. The number of piperazine rings is 1. The van der Waals surface area contributed by atoms with Crippen LogP contribution in [0.4, 0.5) is 0 Å².